The molecule has 1 amide bonds. The lowest BCUT2D eigenvalue weighted by molar-refractivity contribution is -0.142. The lowest BCUT2D eigenvalue weighted by atomic mass is 9.99. The highest BCUT2D eigenvalue weighted by Crippen LogP contribution is 2.25. The summed E-state index contributed by atoms with van der Waals surface area (Å²) in [5, 5.41) is 9.11. The third-order valence-corrected chi connectivity index (χ3v) is 3.73. The topological polar surface area (TPSA) is 70.5 Å². The number of nitrogens with zero attached hydrogens (tertiary/aromatic N) is 2. The maximum atomic E-state index is 12.4. The van der Waals surface area contributed by atoms with E-state index in [0.29, 0.717) is 18.7 Å². The Kier molecular flexibility index (Phi) is 3.83. The van der Waals surface area contributed by atoms with Gasteiger partial charge in [0.2, 0.25) is 0 Å². The Labute approximate surface area is 112 Å². The molecule has 1 aliphatic heterocycles. The monoisotopic (exact) mass is 262 g/mol. The van der Waals surface area contributed by atoms with Crippen molar-refractivity contribution < 1.29 is 14.7 Å². The van der Waals surface area contributed by atoms with Crippen LogP contribution in [0.3, 0.4) is 0 Å². The highest BCUT2D eigenvalue weighted by molar-refractivity contribution is 5.96. The summed E-state index contributed by atoms with van der Waals surface area (Å²) in [7, 11) is 0. The van der Waals surface area contributed by atoms with Crippen molar-refractivity contribution in [3.05, 3.63) is 29.6 Å². The van der Waals surface area contributed by atoms with E-state index in [9.17, 15) is 9.59 Å². The number of aromatic nitrogens is 1. The van der Waals surface area contributed by atoms with Crippen molar-refractivity contribution in [3.8, 4) is 0 Å². The van der Waals surface area contributed by atoms with E-state index >= 15 is 0 Å². The summed E-state index contributed by atoms with van der Waals surface area (Å²) < 4.78 is 0. The average Bonchev–Trinajstić information content (AvgIpc) is 2.80. The number of aliphatic carboxylic acids is 1. The van der Waals surface area contributed by atoms with E-state index < -0.39 is 11.9 Å². The van der Waals surface area contributed by atoms with E-state index in [4.69, 9.17) is 5.11 Å². The Morgan fingerprint density at radius 3 is 2.79 bits per heavy atom. The van der Waals surface area contributed by atoms with Crippen molar-refractivity contribution in [1.29, 1.82) is 0 Å². The number of hydrogen-bond acceptors (Lipinski definition) is 3. The fraction of sp³-hybridized carbons (Fsp3) is 0.500. The second-order valence-corrected chi connectivity index (χ2v) is 5.02. The molecule has 5 nitrogen and oxygen atoms in total. The fourth-order valence-corrected chi connectivity index (χ4v) is 2.54. The number of amides is 1. The number of carbonyl (C=O) groups excluding carboxylic acids is 1. The zero-order valence-electron chi connectivity index (χ0n) is 11.2. The minimum Gasteiger partial charge on any atom is -0.481 e. The van der Waals surface area contributed by atoms with Crippen LogP contribution in [0, 0.1) is 11.8 Å². The van der Waals surface area contributed by atoms with E-state index in [1.165, 1.54) is 0 Å². The van der Waals surface area contributed by atoms with Gasteiger partial charge in [-0.25, -0.2) is 0 Å². The van der Waals surface area contributed by atoms with Crippen LogP contribution in [0.25, 0.3) is 0 Å². The van der Waals surface area contributed by atoms with Gasteiger partial charge in [0.15, 0.2) is 0 Å². The summed E-state index contributed by atoms with van der Waals surface area (Å²) >= 11 is 0. The first-order valence-corrected chi connectivity index (χ1v) is 6.49. The molecule has 1 aromatic heterocycles. The molecule has 102 valence electrons. The van der Waals surface area contributed by atoms with Gasteiger partial charge in [-0.05, 0) is 24.0 Å². The highest BCUT2D eigenvalue weighted by Gasteiger charge is 2.37. The number of hydrogen-bond donors (Lipinski definition) is 1. The van der Waals surface area contributed by atoms with Crippen molar-refractivity contribution in [3.63, 3.8) is 0 Å². The zero-order chi connectivity index (χ0) is 14.0. The Balaban J connectivity index is 2.19. The molecule has 1 aliphatic rings. The van der Waals surface area contributed by atoms with Crippen LogP contribution in [0.2, 0.25) is 0 Å². The van der Waals surface area contributed by atoms with Gasteiger partial charge < -0.3 is 10.0 Å². The molecule has 2 rings (SSSR count). The largest absolute Gasteiger partial charge is 0.481 e. The number of likely N-dealkylation sites (tertiary alicyclic amines) is 1. The molecule has 0 saturated carbocycles. The number of carboxylic acid groups (broad SMARTS) is 1. The molecule has 1 fully saturated rings. The molecule has 0 radical (unpaired) electrons. The Hall–Kier alpha value is -1.91. The summed E-state index contributed by atoms with van der Waals surface area (Å²) in [4.78, 5) is 29.2. The second kappa shape index (κ2) is 5.38. The lowest BCUT2D eigenvalue weighted by Gasteiger charge is -2.17. The first kappa shape index (κ1) is 13.5. The number of rotatable bonds is 3. The molecule has 0 aromatic carbocycles. The minimum atomic E-state index is -0.826. The minimum absolute atomic E-state index is 0.00614. The molecule has 2 atom stereocenters. The van der Waals surface area contributed by atoms with Crippen LogP contribution in [0.4, 0.5) is 0 Å². The van der Waals surface area contributed by atoms with Crippen molar-refractivity contribution in [2.24, 2.45) is 11.8 Å². The summed E-state index contributed by atoms with van der Waals surface area (Å²) in [6.07, 6.45) is 4.03. The predicted octanol–water partition coefficient (Wildman–Crippen LogP) is 1.44. The molecular formula is C14H18N2O3. The molecule has 0 spiro atoms. The van der Waals surface area contributed by atoms with Crippen molar-refractivity contribution in [2.45, 2.75) is 20.3 Å². The van der Waals surface area contributed by atoms with Crippen LogP contribution >= 0.6 is 0 Å². The summed E-state index contributed by atoms with van der Waals surface area (Å²) in [6.45, 7) is 4.64. The second-order valence-electron chi connectivity index (χ2n) is 5.02. The first-order chi connectivity index (χ1) is 9.04. The van der Waals surface area contributed by atoms with Crippen LogP contribution in [-0.4, -0.2) is 40.0 Å². The van der Waals surface area contributed by atoms with Gasteiger partial charge in [-0.1, -0.05) is 13.8 Å². The van der Waals surface area contributed by atoms with E-state index in [1.54, 1.807) is 23.4 Å². The maximum absolute atomic E-state index is 12.4. The number of aryl methyl sites for hydroxylation is 1. The van der Waals surface area contributed by atoms with Crippen LogP contribution in [0.1, 0.15) is 29.8 Å². The molecular weight excluding hydrogens is 244 g/mol. The molecule has 2 heterocycles. The molecule has 0 unspecified atom stereocenters. The van der Waals surface area contributed by atoms with Gasteiger partial charge in [0, 0.05) is 31.0 Å². The maximum Gasteiger partial charge on any atom is 0.308 e. The van der Waals surface area contributed by atoms with Crippen LogP contribution in [0.15, 0.2) is 18.5 Å². The molecule has 1 N–H and O–H groups in total. The van der Waals surface area contributed by atoms with Gasteiger partial charge in [-0.3, -0.25) is 14.6 Å². The lowest BCUT2D eigenvalue weighted by Crippen LogP contribution is -2.30. The van der Waals surface area contributed by atoms with Gasteiger partial charge in [0.25, 0.3) is 5.91 Å². The highest BCUT2D eigenvalue weighted by atomic mass is 16.4. The summed E-state index contributed by atoms with van der Waals surface area (Å²) in [5.41, 5.74) is 1.54. The number of pyridine rings is 1. The quantitative estimate of drug-likeness (QED) is 0.894. The van der Waals surface area contributed by atoms with Crippen LogP contribution in [-0.2, 0) is 11.2 Å². The average molecular weight is 262 g/mol. The molecule has 19 heavy (non-hydrogen) atoms. The van der Waals surface area contributed by atoms with Gasteiger partial charge in [-0.2, -0.15) is 0 Å². The number of carbonyl (C=O) groups is 2. The molecule has 1 aromatic rings. The smallest absolute Gasteiger partial charge is 0.308 e. The molecule has 0 aliphatic carbocycles. The zero-order valence-corrected chi connectivity index (χ0v) is 11.2. The molecule has 1 saturated heterocycles. The standard InChI is InChI=1S/C14H18N2O3/c1-3-10-6-15-5-4-11(10)13(17)16-7-9(2)12(8-16)14(18)19/h4-6,9,12H,3,7-8H2,1-2H3,(H,18,19)/t9-,12-/m1/s1. The van der Waals surface area contributed by atoms with E-state index in [1.807, 2.05) is 13.8 Å². The Bertz CT molecular complexity index is 501. The third kappa shape index (κ3) is 2.59. The fourth-order valence-electron chi connectivity index (χ4n) is 2.54. The van der Waals surface area contributed by atoms with Crippen molar-refractivity contribution >= 4 is 11.9 Å². The van der Waals surface area contributed by atoms with E-state index in [0.717, 1.165) is 12.0 Å². The number of carboxylic acids is 1. The van der Waals surface area contributed by atoms with Gasteiger partial charge in [0.1, 0.15) is 0 Å². The SMILES string of the molecule is CCc1cnccc1C(=O)N1C[C@@H](C)[C@H](C(=O)O)C1. The molecule has 5 heteroatoms. The summed E-state index contributed by atoms with van der Waals surface area (Å²) in [5.74, 6) is -1.38. The molecule has 0 bridgehead atoms. The Morgan fingerprint density at radius 1 is 1.47 bits per heavy atom. The van der Waals surface area contributed by atoms with Crippen LogP contribution < -0.4 is 0 Å². The van der Waals surface area contributed by atoms with Crippen molar-refractivity contribution in [1.82, 2.24) is 9.88 Å². The predicted molar refractivity (Wildman–Crippen MR) is 69.8 cm³/mol. The first-order valence-electron chi connectivity index (χ1n) is 6.49. The van der Waals surface area contributed by atoms with E-state index in [-0.39, 0.29) is 11.8 Å². The van der Waals surface area contributed by atoms with Gasteiger partial charge in [-0.15, -0.1) is 0 Å². The summed E-state index contributed by atoms with van der Waals surface area (Å²) in [6, 6.07) is 1.71. The van der Waals surface area contributed by atoms with E-state index in [2.05, 4.69) is 4.98 Å². The third-order valence-electron chi connectivity index (χ3n) is 3.73. The van der Waals surface area contributed by atoms with Crippen molar-refractivity contribution in [2.75, 3.05) is 13.1 Å². The Morgan fingerprint density at radius 2 is 2.21 bits per heavy atom. The van der Waals surface area contributed by atoms with Gasteiger partial charge >= 0.3 is 5.97 Å². The van der Waals surface area contributed by atoms with Crippen LogP contribution in [0.5, 0.6) is 0 Å². The van der Waals surface area contributed by atoms with Gasteiger partial charge in [0.05, 0.1) is 5.92 Å². The normalized spacial score (nSPS) is 22.5.